The van der Waals surface area contributed by atoms with Crippen LogP contribution in [-0.4, -0.2) is 23.0 Å². The van der Waals surface area contributed by atoms with Crippen molar-refractivity contribution in [2.45, 2.75) is 6.54 Å². The summed E-state index contributed by atoms with van der Waals surface area (Å²) >= 11 is 0. The first-order valence-electron chi connectivity index (χ1n) is 6.49. The fraction of sp³-hybridized carbons (Fsp3) is 0.133. The fourth-order valence-corrected chi connectivity index (χ4v) is 1.95. The van der Waals surface area contributed by atoms with Gasteiger partial charge in [-0.25, -0.2) is 9.37 Å². The van der Waals surface area contributed by atoms with Crippen molar-refractivity contribution in [1.82, 2.24) is 15.3 Å². The van der Waals surface area contributed by atoms with Crippen LogP contribution in [0.5, 0.6) is 5.75 Å². The number of carbonyl (C=O) groups is 1. The van der Waals surface area contributed by atoms with E-state index in [2.05, 4.69) is 15.3 Å². The van der Waals surface area contributed by atoms with Crippen molar-refractivity contribution in [3.8, 4) is 5.75 Å². The van der Waals surface area contributed by atoms with Gasteiger partial charge in [0.15, 0.2) is 22.8 Å². The Morgan fingerprint density at radius 1 is 1.41 bits per heavy atom. The van der Waals surface area contributed by atoms with Crippen LogP contribution in [0.4, 0.5) is 4.39 Å². The molecule has 0 spiro atoms. The highest BCUT2D eigenvalue weighted by Crippen LogP contribution is 2.18. The molecule has 2 aromatic heterocycles. The molecule has 0 fully saturated rings. The highest BCUT2D eigenvalue weighted by molar-refractivity contribution is 5.94. The Hall–Kier alpha value is -2.96. The van der Waals surface area contributed by atoms with Crippen molar-refractivity contribution < 1.29 is 18.3 Å². The maximum atomic E-state index is 13.6. The molecule has 112 valence electrons. The first-order chi connectivity index (χ1) is 10.7. The lowest BCUT2D eigenvalue weighted by Crippen LogP contribution is -2.23. The summed E-state index contributed by atoms with van der Waals surface area (Å²) in [6.07, 6.45) is 1.60. The lowest BCUT2D eigenvalue weighted by molar-refractivity contribution is 0.0947. The number of oxazole rings is 1. The Labute approximate surface area is 124 Å². The molecular formula is C15H12FN3O3. The average molecular weight is 301 g/mol. The minimum Gasteiger partial charge on any atom is -0.494 e. The Balaban J connectivity index is 1.70. The molecule has 1 aromatic carbocycles. The number of pyridine rings is 1. The second-order valence-corrected chi connectivity index (χ2v) is 4.46. The predicted octanol–water partition coefficient (Wildman–Crippen LogP) is 2.30. The molecule has 6 nitrogen and oxygen atoms in total. The summed E-state index contributed by atoms with van der Waals surface area (Å²) in [5.74, 6) is -0.615. The van der Waals surface area contributed by atoms with Crippen LogP contribution in [0.15, 0.2) is 40.9 Å². The third kappa shape index (κ3) is 2.73. The van der Waals surface area contributed by atoms with Crippen LogP contribution in [0.3, 0.4) is 0 Å². The molecule has 0 aliphatic carbocycles. The van der Waals surface area contributed by atoms with Crippen molar-refractivity contribution in [3.05, 3.63) is 53.8 Å². The van der Waals surface area contributed by atoms with Gasteiger partial charge in [0.25, 0.3) is 5.91 Å². The minimum absolute atomic E-state index is 0.0848. The van der Waals surface area contributed by atoms with Crippen molar-refractivity contribution in [3.63, 3.8) is 0 Å². The number of hydrogen-bond donors (Lipinski definition) is 1. The SMILES string of the molecule is COc1ccc(C(=O)NCc2nc3ncccc3o2)cc1F. The van der Waals surface area contributed by atoms with E-state index < -0.39 is 11.7 Å². The zero-order valence-electron chi connectivity index (χ0n) is 11.7. The summed E-state index contributed by atoms with van der Waals surface area (Å²) in [6, 6.07) is 7.45. The molecule has 2 heterocycles. The molecule has 3 aromatic rings. The number of benzene rings is 1. The van der Waals surface area contributed by atoms with Gasteiger partial charge in [0.2, 0.25) is 5.89 Å². The number of halogens is 1. The normalized spacial score (nSPS) is 10.6. The van der Waals surface area contributed by atoms with E-state index in [9.17, 15) is 9.18 Å². The molecule has 0 unspecified atom stereocenters. The molecule has 0 aliphatic heterocycles. The van der Waals surface area contributed by atoms with Gasteiger partial charge in [-0.3, -0.25) is 4.79 Å². The molecular weight excluding hydrogens is 289 g/mol. The summed E-state index contributed by atoms with van der Waals surface area (Å²) in [7, 11) is 1.36. The topological polar surface area (TPSA) is 77.2 Å². The number of carbonyl (C=O) groups excluding carboxylic acids is 1. The van der Waals surface area contributed by atoms with Crippen LogP contribution in [0, 0.1) is 5.82 Å². The van der Waals surface area contributed by atoms with E-state index in [1.54, 1.807) is 18.3 Å². The van der Waals surface area contributed by atoms with Crippen molar-refractivity contribution in [2.75, 3.05) is 7.11 Å². The monoisotopic (exact) mass is 301 g/mol. The number of ether oxygens (including phenoxy) is 1. The molecule has 0 atom stereocenters. The molecule has 1 amide bonds. The Morgan fingerprint density at radius 3 is 3.00 bits per heavy atom. The van der Waals surface area contributed by atoms with E-state index in [1.165, 1.54) is 19.2 Å². The molecule has 0 saturated heterocycles. The third-order valence-corrected chi connectivity index (χ3v) is 3.02. The number of amides is 1. The van der Waals surface area contributed by atoms with Crippen LogP contribution in [-0.2, 0) is 6.54 Å². The standard InChI is InChI=1S/C15H12FN3O3/c1-21-11-5-4-9(7-10(11)16)15(20)18-8-13-19-14-12(22-13)3-2-6-17-14/h2-7H,8H2,1H3,(H,18,20). The van der Waals surface area contributed by atoms with Gasteiger partial charge in [-0.2, -0.15) is 4.98 Å². The quantitative estimate of drug-likeness (QED) is 0.800. The molecule has 0 saturated carbocycles. The Morgan fingerprint density at radius 2 is 2.27 bits per heavy atom. The van der Waals surface area contributed by atoms with Crippen molar-refractivity contribution in [1.29, 1.82) is 0 Å². The van der Waals surface area contributed by atoms with E-state index in [1.807, 2.05) is 0 Å². The van der Waals surface area contributed by atoms with Crippen LogP contribution < -0.4 is 10.1 Å². The predicted molar refractivity (Wildman–Crippen MR) is 75.9 cm³/mol. The molecule has 0 radical (unpaired) electrons. The maximum Gasteiger partial charge on any atom is 0.251 e. The largest absolute Gasteiger partial charge is 0.494 e. The molecule has 7 heteroatoms. The average Bonchev–Trinajstić information content (AvgIpc) is 2.95. The first-order valence-corrected chi connectivity index (χ1v) is 6.49. The molecule has 0 aliphatic rings. The number of fused-ring (bicyclic) bond motifs is 1. The lowest BCUT2D eigenvalue weighted by atomic mass is 10.2. The number of hydrogen-bond acceptors (Lipinski definition) is 5. The number of nitrogens with zero attached hydrogens (tertiary/aromatic N) is 2. The number of aromatic nitrogens is 2. The van der Waals surface area contributed by atoms with Crippen molar-refractivity contribution in [2.24, 2.45) is 0 Å². The van der Waals surface area contributed by atoms with E-state index in [4.69, 9.17) is 9.15 Å². The van der Waals surface area contributed by atoms with Gasteiger partial charge in [-0.15, -0.1) is 0 Å². The van der Waals surface area contributed by atoms with Gasteiger partial charge < -0.3 is 14.5 Å². The van der Waals surface area contributed by atoms with Gasteiger partial charge in [0.1, 0.15) is 0 Å². The Bertz CT molecular complexity index is 799. The Kier molecular flexibility index (Phi) is 3.69. The summed E-state index contributed by atoms with van der Waals surface area (Å²) in [4.78, 5) is 20.2. The van der Waals surface area contributed by atoms with Gasteiger partial charge in [-0.05, 0) is 30.3 Å². The molecule has 1 N–H and O–H groups in total. The zero-order valence-corrected chi connectivity index (χ0v) is 11.7. The van der Waals surface area contributed by atoms with Crippen LogP contribution in [0.1, 0.15) is 16.2 Å². The minimum atomic E-state index is -0.596. The summed E-state index contributed by atoms with van der Waals surface area (Å²) in [5, 5.41) is 2.61. The van der Waals surface area contributed by atoms with E-state index in [-0.39, 0.29) is 17.9 Å². The lowest BCUT2D eigenvalue weighted by Gasteiger charge is -2.05. The van der Waals surface area contributed by atoms with Gasteiger partial charge in [0, 0.05) is 11.8 Å². The van der Waals surface area contributed by atoms with Gasteiger partial charge in [0.05, 0.1) is 13.7 Å². The molecule has 0 bridgehead atoms. The van der Waals surface area contributed by atoms with E-state index in [0.717, 1.165) is 6.07 Å². The summed E-state index contributed by atoms with van der Waals surface area (Å²) in [6.45, 7) is 0.0862. The van der Waals surface area contributed by atoms with Gasteiger partial charge in [-0.1, -0.05) is 0 Å². The fourth-order valence-electron chi connectivity index (χ4n) is 1.95. The maximum absolute atomic E-state index is 13.6. The van der Waals surface area contributed by atoms with Crippen LogP contribution >= 0.6 is 0 Å². The summed E-state index contributed by atoms with van der Waals surface area (Å²) < 4.78 is 23.8. The number of rotatable bonds is 4. The first kappa shape index (κ1) is 14.0. The van der Waals surface area contributed by atoms with E-state index >= 15 is 0 Å². The zero-order chi connectivity index (χ0) is 15.5. The molecule has 22 heavy (non-hydrogen) atoms. The second-order valence-electron chi connectivity index (χ2n) is 4.46. The summed E-state index contributed by atoms with van der Waals surface area (Å²) in [5.41, 5.74) is 1.21. The van der Waals surface area contributed by atoms with Crippen molar-refractivity contribution >= 4 is 17.1 Å². The number of methoxy groups -OCH3 is 1. The van der Waals surface area contributed by atoms with Gasteiger partial charge >= 0.3 is 0 Å². The smallest absolute Gasteiger partial charge is 0.251 e. The van der Waals surface area contributed by atoms with Crippen LogP contribution in [0.2, 0.25) is 0 Å². The second kappa shape index (κ2) is 5.80. The van der Waals surface area contributed by atoms with E-state index in [0.29, 0.717) is 17.1 Å². The number of nitrogens with one attached hydrogen (secondary N) is 1. The highest BCUT2D eigenvalue weighted by Gasteiger charge is 2.12. The highest BCUT2D eigenvalue weighted by atomic mass is 19.1. The molecule has 3 rings (SSSR count). The third-order valence-electron chi connectivity index (χ3n) is 3.02. The van der Waals surface area contributed by atoms with Crippen LogP contribution in [0.25, 0.3) is 11.2 Å².